The van der Waals surface area contributed by atoms with Crippen molar-refractivity contribution in [2.75, 3.05) is 6.61 Å². The predicted molar refractivity (Wildman–Crippen MR) is 243 cm³/mol. The number of aliphatic hydroxyl groups excluding tert-OH is 2. The number of carbonyl (C=O) groups excluding carboxylic acids is 2. The maximum absolute atomic E-state index is 15.7. The summed E-state index contributed by atoms with van der Waals surface area (Å²) >= 11 is 0. The molecular formula is C53H55N3O8-2. The van der Waals surface area contributed by atoms with E-state index in [-0.39, 0.29) is 78.7 Å². The largest absolute Gasteiger partial charge is 0.664 e. The molecule has 7 unspecified atom stereocenters. The Morgan fingerprint density at radius 2 is 1.70 bits per heavy atom. The van der Waals surface area contributed by atoms with Crippen LogP contribution in [0.5, 0.6) is 17.2 Å². The van der Waals surface area contributed by atoms with E-state index in [9.17, 15) is 30.3 Å². The van der Waals surface area contributed by atoms with E-state index in [4.69, 9.17) is 15.0 Å². The number of benzene rings is 3. The van der Waals surface area contributed by atoms with E-state index in [1.807, 2.05) is 54.7 Å². The highest BCUT2D eigenvalue weighted by atomic mass is 16.5. The third kappa shape index (κ3) is 7.88. The van der Waals surface area contributed by atoms with Gasteiger partial charge in [-0.25, -0.2) is 0 Å². The van der Waals surface area contributed by atoms with Gasteiger partial charge in [0.25, 0.3) is 0 Å². The molecule has 10 rings (SSSR count). The number of aromatic hydroxyl groups is 2. The lowest BCUT2D eigenvalue weighted by Gasteiger charge is -2.43. The molecule has 64 heavy (non-hydrogen) atoms. The summed E-state index contributed by atoms with van der Waals surface area (Å²) in [7, 11) is 0. The highest BCUT2D eigenvalue weighted by Crippen LogP contribution is 2.52. The number of nitrogens with zero attached hydrogens (tertiary/aromatic N) is 2. The van der Waals surface area contributed by atoms with Crippen LogP contribution in [0.25, 0.3) is 17.5 Å². The van der Waals surface area contributed by atoms with Crippen LogP contribution in [0.4, 0.5) is 5.82 Å². The number of carbonyl (C=O) groups is 2. The molecule has 332 valence electrons. The van der Waals surface area contributed by atoms with E-state index in [0.717, 1.165) is 53.5 Å². The molecule has 5 aliphatic rings. The Bertz CT molecular complexity index is 2630. The number of phenols is 2. The predicted octanol–water partition coefficient (Wildman–Crippen LogP) is 8.75. The van der Waals surface area contributed by atoms with Gasteiger partial charge in [-0.15, -0.1) is 5.69 Å². The number of aliphatic hydroxyl groups is 3. The van der Waals surface area contributed by atoms with Crippen molar-refractivity contribution in [2.45, 2.75) is 113 Å². The maximum Gasteiger partial charge on any atom is 0.163 e. The number of phenolic OH excluding ortho intramolecular Hbond substituents is 2. The third-order valence-electron chi connectivity index (χ3n) is 14.7. The number of nitrogens with one attached hydrogen (secondary N) is 1. The molecule has 0 spiro atoms. The Kier molecular flexibility index (Phi) is 11.3. The topological polar surface area (TPSA) is 189 Å². The molecular weight excluding hydrogens is 807 g/mol. The zero-order valence-corrected chi connectivity index (χ0v) is 35.8. The molecule has 5 aromatic rings. The Morgan fingerprint density at radius 3 is 2.55 bits per heavy atom. The number of ether oxygens (including phenoxy) is 1. The fourth-order valence-electron chi connectivity index (χ4n) is 11.3. The molecule has 7 atom stereocenters. The summed E-state index contributed by atoms with van der Waals surface area (Å²) in [4.78, 5) is 38.5. The Balaban J connectivity index is 1.10. The van der Waals surface area contributed by atoms with E-state index in [0.29, 0.717) is 53.9 Å². The van der Waals surface area contributed by atoms with Gasteiger partial charge in [-0.1, -0.05) is 89.9 Å². The van der Waals surface area contributed by atoms with Crippen molar-refractivity contribution in [3.63, 3.8) is 0 Å². The van der Waals surface area contributed by atoms with Crippen LogP contribution < -0.4 is 9.72 Å². The van der Waals surface area contributed by atoms with Gasteiger partial charge in [0.05, 0.1) is 17.6 Å². The summed E-state index contributed by atoms with van der Waals surface area (Å²) in [6.07, 6.45) is 13.8. The minimum absolute atomic E-state index is 0.0373. The van der Waals surface area contributed by atoms with Gasteiger partial charge in [0, 0.05) is 36.0 Å². The summed E-state index contributed by atoms with van der Waals surface area (Å²) in [6, 6.07) is 20.1. The van der Waals surface area contributed by atoms with Crippen LogP contribution in [0.3, 0.4) is 0 Å². The van der Waals surface area contributed by atoms with Crippen LogP contribution in [0.15, 0.2) is 90.8 Å². The van der Waals surface area contributed by atoms with Crippen molar-refractivity contribution in [3.8, 4) is 17.2 Å². The standard InChI is InChI=1S/C53H55N3O8/c57-24-19-39-46(59)14-11-30-25-41(50(61)47(26-30)64-34-8-1-2-9-34)49(60)33-7-3-6-32(27-33)35-12-13-43(56-52-38(35)18-23-55-52)40-28-44-37(17-22-54-44)42(48(40)51(39)62)29-53(63)20-15-31-5-4-10-45(58)36(31)16-21-53/h3-7,10,16-18,21-23,25-28,34-35,39,42-43,48-49,55,57-58,60-61,63H,1-2,8-9,11-15,19-20,24,29H2/q-2. The molecule has 0 saturated heterocycles. The van der Waals surface area contributed by atoms with Crippen LogP contribution in [-0.4, -0.2) is 66.4 Å². The smallest absolute Gasteiger partial charge is 0.163 e. The molecule has 1 aliphatic heterocycles. The summed E-state index contributed by atoms with van der Waals surface area (Å²) in [5.41, 5.74) is 5.91. The average Bonchev–Trinajstić information content (AvgIpc) is 4.06. The fraction of sp³-hybridized carbons (Fsp3) is 0.396. The molecule has 0 radical (unpaired) electrons. The zero-order chi connectivity index (χ0) is 44.1. The summed E-state index contributed by atoms with van der Waals surface area (Å²) in [6.45, 7) is -0.385. The monoisotopic (exact) mass is 861 g/mol. The second-order valence-electron chi connectivity index (χ2n) is 18.6. The van der Waals surface area contributed by atoms with Gasteiger partial charge in [0.1, 0.15) is 17.6 Å². The lowest BCUT2D eigenvalue weighted by molar-refractivity contribution is -0.135. The molecule has 3 heterocycles. The van der Waals surface area contributed by atoms with Crippen LogP contribution in [0.1, 0.15) is 132 Å². The molecule has 11 nitrogen and oxygen atoms in total. The lowest BCUT2D eigenvalue weighted by Crippen LogP contribution is -2.41. The molecule has 1 saturated carbocycles. The maximum atomic E-state index is 15.7. The summed E-state index contributed by atoms with van der Waals surface area (Å²) in [5.74, 6) is -2.51. The van der Waals surface area contributed by atoms with Crippen molar-refractivity contribution < 1.29 is 39.9 Å². The molecule has 11 heteroatoms. The van der Waals surface area contributed by atoms with Crippen LogP contribution in [0.2, 0.25) is 0 Å². The second-order valence-corrected chi connectivity index (χ2v) is 18.6. The van der Waals surface area contributed by atoms with Gasteiger partial charge in [0.15, 0.2) is 17.3 Å². The van der Waals surface area contributed by atoms with E-state index < -0.39 is 35.5 Å². The minimum Gasteiger partial charge on any atom is -0.664 e. The number of rotatable bonds is 6. The Hall–Kier alpha value is -5.88. The van der Waals surface area contributed by atoms with Crippen molar-refractivity contribution >= 4 is 29.5 Å². The third-order valence-corrected chi connectivity index (χ3v) is 14.7. The van der Waals surface area contributed by atoms with E-state index in [2.05, 4.69) is 4.98 Å². The molecule has 2 aromatic heterocycles. The number of aryl methyl sites for hydroxylation is 2. The Labute approximate surface area is 372 Å². The molecule has 6 N–H and O–H groups in total. The quantitative estimate of drug-likeness (QED) is 0.0908. The first-order valence-electron chi connectivity index (χ1n) is 23.0. The second kappa shape index (κ2) is 17.3. The van der Waals surface area contributed by atoms with Crippen molar-refractivity contribution in [3.05, 3.63) is 146 Å². The zero-order valence-electron chi connectivity index (χ0n) is 35.8. The number of H-pyrrole nitrogens is 1. The van der Waals surface area contributed by atoms with Crippen LogP contribution in [-0.2, 0) is 22.4 Å². The normalized spacial score (nSPS) is 26.9. The number of aromatic amines is 1. The fourth-order valence-corrected chi connectivity index (χ4v) is 11.3. The highest BCUT2D eigenvalue weighted by molar-refractivity contribution is 6.05. The van der Waals surface area contributed by atoms with E-state index in [1.165, 1.54) is 0 Å². The lowest BCUT2D eigenvalue weighted by atomic mass is 9.65. The number of fused-ring (bicyclic) bond motifs is 14. The van der Waals surface area contributed by atoms with Crippen LogP contribution >= 0.6 is 0 Å². The number of Topliss-reactive ketones (excluding diaryl/α,β-unsaturated/α-hetero) is 2. The number of hydrogen-bond acceptors (Lipinski definition) is 8. The SMILES string of the molecule is O=C1CCc2cc(OC3CCCC3)c(O)c(c2)C(O)c2cccc(c2)C2CCC([N-]c3[nH]ccc32)C2=Cc3[n-]ccc3C(CC3(O)C=Cc4c(O)cccc4CC3)C2C(=O)C1CCO. The van der Waals surface area contributed by atoms with Gasteiger partial charge in [0.2, 0.25) is 0 Å². The van der Waals surface area contributed by atoms with Crippen LogP contribution in [0, 0.1) is 11.8 Å². The first kappa shape index (κ1) is 42.1. The molecule has 4 aliphatic carbocycles. The summed E-state index contributed by atoms with van der Waals surface area (Å²) in [5, 5.41) is 63.0. The van der Waals surface area contributed by atoms with E-state index >= 15 is 4.79 Å². The minimum atomic E-state index is -1.39. The van der Waals surface area contributed by atoms with E-state index in [1.54, 1.807) is 42.6 Å². The van der Waals surface area contributed by atoms with Crippen molar-refractivity contribution in [1.82, 2.24) is 9.97 Å². The molecule has 1 fully saturated rings. The van der Waals surface area contributed by atoms with Gasteiger partial charge < -0.3 is 45.6 Å². The number of hydrogen-bond donors (Lipinski definition) is 6. The molecule has 6 bridgehead atoms. The number of aromatic nitrogens is 2. The first-order chi connectivity index (χ1) is 31.1. The molecule has 3 aromatic carbocycles. The van der Waals surface area contributed by atoms with Gasteiger partial charge >= 0.3 is 0 Å². The first-order valence-corrected chi connectivity index (χ1v) is 23.0. The van der Waals surface area contributed by atoms with Crippen molar-refractivity contribution in [2.24, 2.45) is 11.8 Å². The van der Waals surface area contributed by atoms with Gasteiger partial charge in [-0.3, -0.25) is 9.59 Å². The Morgan fingerprint density at radius 1 is 0.875 bits per heavy atom. The average molecular weight is 862 g/mol. The van der Waals surface area contributed by atoms with Gasteiger partial charge in [-0.05, 0) is 129 Å². The number of ketones is 2. The highest BCUT2D eigenvalue weighted by Gasteiger charge is 2.45. The van der Waals surface area contributed by atoms with Crippen molar-refractivity contribution in [1.29, 1.82) is 0 Å². The molecule has 0 amide bonds. The summed E-state index contributed by atoms with van der Waals surface area (Å²) < 4.78 is 6.39. The van der Waals surface area contributed by atoms with Gasteiger partial charge in [-0.2, -0.15) is 6.20 Å².